The maximum absolute atomic E-state index is 11.7. The Morgan fingerprint density at radius 3 is 2.91 bits per heavy atom. The number of rotatable bonds is 3. The number of thiazole rings is 1. The molecule has 3 rings (SSSR count). The molecule has 0 N–H and O–H groups in total. The molecule has 1 unspecified atom stereocenters. The van der Waals surface area contributed by atoms with Gasteiger partial charge in [-0.05, 0) is 37.5 Å². The zero-order chi connectivity index (χ0) is 15.9. The second kappa shape index (κ2) is 5.79. The van der Waals surface area contributed by atoms with Crippen molar-refractivity contribution in [2.75, 3.05) is 31.3 Å². The van der Waals surface area contributed by atoms with E-state index < -0.39 is 10.0 Å². The van der Waals surface area contributed by atoms with Gasteiger partial charge in [-0.2, -0.15) is 0 Å². The van der Waals surface area contributed by atoms with E-state index in [1.165, 1.54) is 20.8 Å². The van der Waals surface area contributed by atoms with Crippen molar-refractivity contribution < 1.29 is 8.42 Å². The van der Waals surface area contributed by atoms with Crippen molar-refractivity contribution >= 4 is 36.7 Å². The molecule has 120 valence electrons. The number of hydrogen-bond donors (Lipinski definition) is 0. The van der Waals surface area contributed by atoms with Crippen LogP contribution in [0.3, 0.4) is 0 Å². The summed E-state index contributed by atoms with van der Waals surface area (Å²) in [7, 11) is -1.48. The van der Waals surface area contributed by atoms with E-state index in [-0.39, 0.29) is 6.04 Å². The van der Waals surface area contributed by atoms with Gasteiger partial charge >= 0.3 is 0 Å². The van der Waals surface area contributed by atoms with Crippen LogP contribution < -0.4 is 4.90 Å². The van der Waals surface area contributed by atoms with E-state index in [9.17, 15) is 8.42 Å². The number of piperidine rings is 1. The highest BCUT2D eigenvalue weighted by Crippen LogP contribution is 2.31. The summed E-state index contributed by atoms with van der Waals surface area (Å²) in [5.74, 6) is 0. The number of aryl methyl sites for hydroxylation is 1. The first kappa shape index (κ1) is 15.7. The average Bonchev–Trinajstić information content (AvgIpc) is 2.88. The standard InChI is InChI=1S/C15H21N3O2S2/c1-11-6-7-13-14(9-11)21-15(16-13)18-8-4-5-12(10-18)17(2)22(3,19)20/h6-7,9,12H,4-5,8,10H2,1-3H3. The van der Waals surface area contributed by atoms with E-state index in [0.717, 1.165) is 30.0 Å². The Hall–Kier alpha value is -1.18. The second-order valence-corrected chi connectivity index (χ2v) is 9.04. The van der Waals surface area contributed by atoms with Gasteiger partial charge in [-0.3, -0.25) is 0 Å². The Bertz CT molecular complexity index is 785. The van der Waals surface area contributed by atoms with E-state index in [4.69, 9.17) is 4.98 Å². The van der Waals surface area contributed by atoms with Gasteiger partial charge in [0.2, 0.25) is 10.0 Å². The number of nitrogens with zero attached hydrogens (tertiary/aromatic N) is 3. The second-order valence-electron chi connectivity index (χ2n) is 5.99. The van der Waals surface area contributed by atoms with E-state index in [0.29, 0.717) is 6.54 Å². The molecule has 0 bridgehead atoms. The van der Waals surface area contributed by atoms with Crippen molar-refractivity contribution in [2.24, 2.45) is 0 Å². The van der Waals surface area contributed by atoms with Gasteiger partial charge in [-0.1, -0.05) is 17.4 Å². The molecule has 5 nitrogen and oxygen atoms in total. The summed E-state index contributed by atoms with van der Waals surface area (Å²) < 4.78 is 26.2. The Morgan fingerprint density at radius 1 is 1.41 bits per heavy atom. The molecule has 1 saturated heterocycles. The van der Waals surface area contributed by atoms with Gasteiger partial charge in [0.1, 0.15) is 0 Å². The first-order valence-electron chi connectivity index (χ1n) is 7.40. The minimum atomic E-state index is -3.15. The van der Waals surface area contributed by atoms with Crippen molar-refractivity contribution in [3.8, 4) is 0 Å². The Morgan fingerprint density at radius 2 is 2.18 bits per heavy atom. The van der Waals surface area contributed by atoms with Crippen LogP contribution in [0.15, 0.2) is 18.2 Å². The van der Waals surface area contributed by atoms with Crippen LogP contribution in [0, 0.1) is 6.92 Å². The highest BCUT2D eigenvalue weighted by atomic mass is 32.2. The number of likely N-dealkylation sites (N-methyl/N-ethyl adjacent to an activating group) is 1. The lowest BCUT2D eigenvalue weighted by atomic mass is 10.1. The van der Waals surface area contributed by atoms with Crippen LogP contribution in [0.5, 0.6) is 0 Å². The van der Waals surface area contributed by atoms with Crippen LogP contribution in [0.2, 0.25) is 0 Å². The summed E-state index contributed by atoms with van der Waals surface area (Å²) in [4.78, 5) is 6.93. The zero-order valence-electron chi connectivity index (χ0n) is 13.1. The summed E-state index contributed by atoms with van der Waals surface area (Å²) in [5, 5.41) is 0.993. The molecule has 2 aromatic rings. The lowest BCUT2D eigenvalue weighted by Gasteiger charge is -2.36. The molecule has 0 amide bonds. The fraction of sp³-hybridized carbons (Fsp3) is 0.533. The fourth-order valence-corrected chi connectivity index (χ4v) is 4.66. The molecule has 1 atom stereocenters. The zero-order valence-corrected chi connectivity index (χ0v) is 14.7. The molecule has 1 fully saturated rings. The highest BCUT2D eigenvalue weighted by Gasteiger charge is 2.29. The van der Waals surface area contributed by atoms with Gasteiger partial charge in [0.25, 0.3) is 0 Å². The predicted octanol–water partition coefficient (Wildman–Crippen LogP) is 2.46. The third-order valence-corrected chi connectivity index (χ3v) is 6.66. The maximum Gasteiger partial charge on any atom is 0.211 e. The lowest BCUT2D eigenvalue weighted by molar-refractivity contribution is 0.322. The van der Waals surface area contributed by atoms with Gasteiger partial charge in [0, 0.05) is 26.2 Å². The summed E-state index contributed by atoms with van der Waals surface area (Å²) in [6.45, 7) is 3.73. The topological polar surface area (TPSA) is 53.5 Å². The van der Waals surface area contributed by atoms with Gasteiger partial charge in [-0.15, -0.1) is 0 Å². The van der Waals surface area contributed by atoms with E-state index in [1.807, 2.05) is 0 Å². The van der Waals surface area contributed by atoms with Gasteiger partial charge in [0.05, 0.1) is 16.5 Å². The van der Waals surface area contributed by atoms with Gasteiger partial charge in [0.15, 0.2) is 5.13 Å². The molecule has 1 aliphatic heterocycles. The molecule has 1 aromatic carbocycles. The van der Waals surface area contributed by atoms with Crippen molar-refractivity contribution in [3.63, 3.8) is 0 Å². The van der Waals surface area contributed by atoms with Crippen molar-refractivity contribution in [1.29, 1.82) is 0 Å². The quantitative estimate of drug-likeness (QED) is 0.862. The summed E-state index contributed by atoms with van der Waals surface area (Å²) in [5.41, 5.74) is 2.25. The van der Waals surface area contributed by atoms with E-state index >= 15 is 0 Å². The molecule has 0 aliphatic carbocycles. The minimum absolute atomic E-state index is 0.0255. The largest absolute Gasteiger partial charge is 0.346 e. The van der Waals surface area contributed by atoms with Crippen LogP contribution in [-0.2, 0) is 10.0 Å². The highest BCUT2D eigenvalue weighted by molar-refractivity contribution is 7.88. The minimum Gasteiger partial charge on any atom is -0.346 e. The Kier molecular flexibility index (Phi) is 4.13. The summed E-state index contributed by atoms with van der Waals surface area (Å²) >= 11 is 1.69. The molecule has 0 radical (unpaired) electrons. The van der Waals surface area contributed by atoms with Crippen molar-refractivity contribution in [1.82, 2.24) is 9.29 Å². The van der Waals surface area contributed by atoms with Crippen LogP contribution in [-0.4, -0.2) is 50.1 Å². The first-order chi connectivity index (χ1) is 10.3. The number of anilines is 1. The van der Waals surface area contributed by atoms with Gasteiger partial charge < -0.3 is 4.90 Å². The van der Waals surface area contributed by atoms with E-state index in [2.05, 4.69) is 30.0 Å². The molecular formula is C15H21N3O2S2. The predicted molar refractivity (Wildman–Crippen MR) is 92.2 cm³/mol. The molecule has 22 heavy (non-hydrogen) atoms. The first-order valence-corrected chi connectivity index (χ1v) is 10.1. The SMILES string of the molecule is Cc1ccc2nc(N3CCCC(N(C)S(C)(=O)=O)C3)sc2c1. The number of aromatic nitrogens is 1. The molecule has 1 aromatic heterocycles. The van der Waals surface area contributed by atoms with Crippen LogP contribution in [0.4, 0.5) is 5.13 Å². The molecule has 1 aliphatic rings. The maximum atomic E-state index is 11.7. The Balaban J connectivity index is 1.84. The van der Waals surface area contributed by atoms with Crippen molar-refractivity contribution in [2.45, 2.75) is 25.8 Å². The molecule has 0 spiro atoms. The number of sulfonamides is 1. The lowest BCUT2D eigenvalue weighted by Crippen LogP contribution is -2.48. The summed E-state index contributed by atoms with van der Waals surface area (Å²) in [6.07, 6.45) is 3.16. The third kappa shape index (κ3) is 3.11. The van der Waals surface area contributed by atoms with E-state index in [1.54, 1.807) is 18.4 Å². The molecule has 2 heterocycles. The van der Waals surface area contributed by atoms with Crippen LogP contribution in [0.1, 0.15) is 18.4 Å². The normalized spacial score (nSPS) is 20.0. The smallest absolute Gasteiger partial charge is 0.211 e. The van der Waals surface area contributed by atoms with Gasteiger partial charge in [-0.25, -0.2) is 17.7 Å². The summed E-state index contributed by atoms with van der Waals surface area (Å²) in [6, 6.07) is 6.30. The van der Waals surface area contributed by atoms with Crippen LogP contribution >= 0.6 is 11.3 Å². The molecule has 7 heteroatoms. The fourth-order valence-electron chi connectivity index (χ4n) is 2.85. The number of fused-ring (bicyclic) bond motifs is 1. The average molecular weight is 339 g/mol. The third-order valence-electron chi connectivity index (χ3n) is 4.24. The number of hydrogen-bond acceptors (Lipinski definition) is 5. The monoisotopic (exact) mass is 339 g/mol. The van der Waals surface area contributed by atoms with Crippen molar-refractivity contribution in [3.05, 3.63) is 23.8 Å². The molecular weight excluding hydrogens is 318 g/mol. The van der Waals surface area contributed by atoms with Crippen LogP contribution in [0.25, 0.3) is 10.2 Å². The molecule has 0 saturated carbocycles. The Labute approximate surface area is 135 Å². The number of benzene rings is 1.